The molecule has 0 aromatic heterocycles. The molecule has 0 atom stereocenters. The van der Waals surface area contributed by atoms with E-state index in [1.54, 1.807) is 14.2 Å². The first-order chi connectivity index (χ1) is 8.83. The van der Waals surface area contributed by atoms with Crippen molar-refractivity contribution in [3.8, 4) is 5.75 Å². The summed E-state index contributed by atoms with van der Waals surface area (Å²) in [5.41, 5.74) is 2.15. The third-order valence-electron chi connectivity index (χ3n) is 2.69. The minimum absolute atomic E-state index is 0.848. The SMILES string of the molecule is CO/C(=C/c1ccc(OC)cc1)c1ccccc1. The maximum absolute atomic E-state index is 5.43. The average Bonchev–Trinajstić information content (AvgIpc) is 2.46. The van der Waals surface area contributed by atoms with Crippen LogP contribution in [0.15, 0.2) is 54.6 Å². The molecule has 0 fully saturated rings. The van der Waals surface area contributed by atoms with E-state index in [4.69, 9.17) is 9.47 Å². The molecule has 0 aliphatic heterocycles. The molecular weight excluding hydrogens is 224 g/mol. The van der Waals surface area contributed by atoms with Crippen LogP contribution in [0.2, 0.25) is 0 Å². The third-order valence-corrected chi connectivity index (χ3v) is 2.69. The first-order valence-corrected chi connectivity index (χ1v) is 5.78. The Bertz CT molecular complexity index is 513. The number of rotatable bonds is 4. The lowest BCUT2D eigenvalue weighted by atomic mass is 10.1. The van der Waals surface area contributed by atoms with Crippen LogP contribution in [-0.2, 0) is 4.74 Å². The predicted molar refractivity (Wildman–Crippen MR) is 74.3 cm³/mol. The normalized spacial score (nSPS) is 11.1. The summed E-state index contributed by atoms with van der Waals surface area (Å²) in [5, 5.41) is 0. The summed E-state index contributed by atoms with van der Waals surface area (Å²) >= 11 is 0. The van der Waals surface area contributed by atoms with Crippen LogP contribution in [0.5, 0.6) is 5.75 Å². The Balaban J connectivity index is 2.29. The van der Waals surface area contributed by atoms with Crippen molar-refractivity contribution in [3.05, 3.63) is 65.7 Å². The summed E-state index contributed by atoms with van der Waals surface area (Å²) in [6, 6.07) is 17.9. The molecule has 0 saturated heterocycles. The van der Waals surface area contributed by atoms with Crippen LogP contribution in [0.25, 0.3) is 11.8 Å². The molecular formula is C16H16O2. The van der Waals surface area contributed by atoms with Crippen molar-refractivity contribution in [2.24, 2.45) is 0 Å². The van der Waals surface area contributed by atoms with Crippen LogP contribution < -0.4 is 4.74 Å². The van der Waals surface area contributed by atoms with Crippen molar-refractivity contribution in [2.75, 3.05) is 14.2 Å². The van der Waals surface area contributed by atoms with E-state index >= 15 is 0 Å². The van der Waals surface area contributed by atoms with Gasteiger partial charge in [-0.15, -0.1) is 0 Å². The molecule has 0 spiro atoms. The Hall–Kier alpha value is -2.22. The zero-order chi connectivity index (χ0) is 12.8. The van der Waals surface area contributed by atoms with Crippen molar-refractivity contribution >= 4 is 11.8 Å². The molecule has 2 heteroatoms. The fourth-order valence-electron chi connectivity index (χ4n) is 1.71. The summed E-state index contributed by atoms with van der Waals surface area (Å²) in [4.78, 5) is 0. The first-order valence-electron chi connectivity index (χ1n) is 5.78. The highest BCUT2D eigenvalue weighted by molar-refractivity contribution is 5.77. The molecule has 0 unspecified atom stereocenters. The van der Waals surface area contributed by atoms with Crippen molar-refractivity contribution in [1.29, 1.82) is 0 Å². The maximum Gasteiger partial charge on any atom is 0.126 e. The lowest BCUT2D eigenvalue weighted by molar-refractivity contribution is 0.372. The zero-order valence-corrected chi connectivity index (χ0v) is 10.6. The first kappa shape index (κ1) is 12.2. The molecule has 0 aliphatic carbocycles. The van der Waals surface area contributed by atoms with E-state index in [-0.39, 0.29) is 0 Å². The van der Waals surface area contributed by atoms with E-state index in [1.807, 2.05) is 60.7 Å². The zero-order valence-electron chi connectivity index (χ0n) is 10.6. The largest absolute Gasteiger partial charge is 0.497 e. The molecule has 2 aromatic rings. The molecule has 2 rings (SSSR count). The van der Waals surface area contributed by atoms with Crippen LogP contribution in [-0.4, -0.2) is 14.2 Å². The molecule has 18 heavy (non-hydrogen) atoms. The lowest BCUT2D eigenvalue weighted by Crippen LogP contribution is -1.87. The molecule has 0 heterocycles. The molecule has 92 valence electrons. The van der Waals surface area contributed by atoms with E-state index in [0.29, 0.717) is 0 Å². The fraction of sp³-hybridized carbons (Fsp3) is 0.125. The van der Waals surface area contributed by atoms with E-state index < -0.39 is 0 Å². The minimum Gasteiger partial charge on any atom is -0.497 e. The lowest BCUT2D eigenvalue weighted by Gasteiger charge is -2.06. The quantitative estimate of drug-likeness (QED) is 0.597. The third kappa shape index (κ3) is 2.92. The van der Waals surface area contributed by atoms with Crippen LogP contribution in [0.4, 0.5) is 0 Å². The number of hydrogen-bond donors (Lipinski definition) is 0. The minimum atomic E-state index is 0.848. The second kappa shape index (κ2) is 5.92. The van der Waals surface area contributed by atoms with Gasteiger partial charge in [0.25, 0.3) is 0 Å². The monoisotopic (exact) mass is 240 g/mol. The van der Waals surface area contributed by atoms with Crippen LogP contribution >= 0.6 is 0 Å². The van der Waals surface area contributed by atoms with E-state index in [1.165, 1.54) is 0 Å². The van der Waals surface area contributed by atoms with Gasteiger partial charge in [0.15, 0.2) is 0 Å². The second-order valence-electron chi connectivity index (χ2n) is 3.85. The van der Waals surface area contributed by atoms with E-state index in [0.717, 1.165) is 22.6 Å². The number of methoxy groups -OCH3 is 2. The number of hydrogen-bond acceptors (Lipinski definition) is 2. The predicted octanol–water partition coefficient (Wildman–Crippen LogP) is 3.84. The number of benzene rings is 2. The van der Waals surface area contributed by atoms with Gasteiger partial charge < -0.3 is 9.47 Å². The van der Waals surface area contributed by atoms with Gasteiger partial charge in [-0.2, -0.15) is 0 Å². The highest BCUT2D eigenvalue weighted by Gasteiger charge is 2.00. The highest BCUT2D eigenvalue weighted by Crippen LogP contribution is 2.20. The van der Waals surface area contributed by atoms with Gasteiger partial charge in [0.05, 0.1) is 14.2 Å². The molecule has 0 aliphatic rings. The highest BCUT2D eigenvalue weighted by atomic mass is 16.5. The molecule has 0 N–H and O–H groups in total. The van der Waals surface area contributed by atoms with Crippen molar-refractivity contribution in [2.45, 2.75) is 0 Å². The Morgan fingerprint density at radius 1 is 0.889 bits per heavy atom. The Labute approximate surface area is 107 Å². The van der Waals surface area contributed by atoms with Gasteiger partial charge in [0.1, 0.15) is 11.5 Å². The van der Waals surface area contributed by atoms with Gasteiger partial charge >= 0.3 is 0 Å². The molecule has 0 amide bonds. The summed E-state index contributed by atoms with van der Waals surface area (Å²) in [6.45, 7) is 0. The van der Waals surface area contributed by atoms with Crippen LogP contribution in [0, 0.1) is 0 Å². The van der Waals surface area contributed by atoms with Crippen molar-refractivity contribution in [1.82, 2.24) is 0 Å². The molecule has 0 bridgehead atoms. The van der Waals surface area contributed by atoms with Crippen LogP contribution in [0.1, 0.15) is 11.1 Å². The molecule has 2 aromatic carbocycles. The fourth-order valence-corrected chi connectivity index (χ4v) is 1.71. The van der Waals surface area contributed by atoms with Crippen molar-refractivity contribution in [3.63, 3.8) is 0 Å². The number of ether oxygens (including phenoxy) is 2. The van der Waals surface area contributed by atoms with Gasteiger partial charge in [-0.1, -0.05) is 42.5 Å². The van der Waals surface area contributed by atoms with E-state index in [2.05, 4.69) is 0 Å². The Kier molecular flexibility index (Phi) is 4.02. The summed E-state index contributed by atoms with van der Waals surface area (Å²) in [6.07, 6.45) is 2.01. The summed E-state index contributed by atoms with van der Waals surface area (Å²) in [5.74, 6) is 1.70. The molecule has 0 radical (unpaired) electrons. The Morgan fingerprint density at radius 3 is 2.11 bits per heavy atom. The standard InChI is InChI=1S/C16H16O2/c1-17-15-10-8-13(9-11-15)12-16(18-2)14-6-4-3-5-7-14/h3-12H,1-2H3/b16-12+. The summed E-state index contributed by atoms with van der Waals surface area (Å²) in [7, 11) is 3.34. The average molecular weight is 240 g/mol. The van der Waals surface area contributed by atoms with Gasteiger partial charge in [0.2, 0.25) is 0 Å². The topological polar surface area (TPSA) is 18.5 Å². The molecule has 2 nitrogen and oxygen atoms in total. The maximum atomic E-state index is 5.43. The second-order valence-corrected chi connectivity index (χ2v) is 3.85. The van der Waals surface area contributed by atoms with Crippen LogP contribution in [0.3, 0.4) is 0 Å². The summed E-state index contributed by atoms with van der Waals surface area (Å²) < 4.78 is 10.6. The van der Waals surface area contributed by atoms with Gasteiger partial charge in [0, 0.05) is 5.56 Å². The Morgan fingerprint density at radius 2 is 1.56 bits per heavy atom. The van der Waals surface area contributed by atoms with Gasteiger partial charge in [-0.05, 0) is 23.8 Å². The van der Waals surface area contributed by atoms with Gasteiger partial charge in [-0.3, -0.25) is 0 Å². The molecule has 0 saturated carbocycles. The van der Waals surface area contributed by atoms with Gasteiger partial charge in [-0.25, -0.2) is 0 Å². The van der Waals surface area contributed by atoms with Crippen molar-refractivity contribution < 1.29 is 9.47 Å². The van der Waals surface area contributed by atoms with E-state index in [9.17, 15) is 0 Å². The smallest absolute Gasteiger partial charge is 0.126 e.